The number of nitrogens with zero attached hydrogens (tertiary/aromatic N) is 2. The van der Waals surface area contributed by atoms with Crippen LogP contribution in [0.25, 0.3) is 5.69 Å². The molecular weight excluding hydrogens is 610 g/mol. The maximum absolute atomic E-state index is 14.8. The molecule has 9 nitrogen and oxygen atoms in total. The van der Waals surface area contributed by atoms with Gasteiger partial charge in [0, 0.05) is 22.7 Å². The predicted octanol–water partition coefficient (Wildman–Crippen LogP) is 7.96. The van der Waals surface area contributed by atoms with Crippen molar-refractivity contribution in [1.82, 2.24) is 14.7 Å². The van der Waals surface area contributed by atoms with Crippen LogP contribution in [-0.2, 0) is 11.6 Å². The minimum atomic E-state index is -4.36. The van der Waals surface area contributed by atoms with E-state index in [1.807, 2.05) is 6.07 Å². The van der Waals surface area contributed by atoms with Gasteiger partial charge in [-0.2, -0.15) is 0 Å². The van der Waals surface area contributed by atoms with E-state index in [-0.39, 0.29) is 27.8 Å². The third-order valence-corrected chi connectivity index (χ3v) is 9.12. The minimum absolute atomic E-state index is 0.0348. The van der Waals surface area contributed by atoms with Gasteiger partial charge in [0.15, 0.2) is 5.78 Å². The predicted molar refractivity (Wildman–Crippen MR) is 169 cm³/mol. The molecule has 12 heteroatoms. The Balaban J connectivity index is 1.55. The van der Waals surface area contributed by atoms with Gasteiger partial charge in [-0.25, -0.2) is 14.0 Å². The van der Waals surface area contributed by atoms with Crippen LogP contribution in [0, 0.1) is 6.92 Å². The van der Waals surface area contributed by atoms with Gasteiger partial charge in [0.2, 0.25) is 0 Å². The number of urea groups is 1. The number of anilines is 1. The lowest BCUT2D eigenvalue weighted by atomic mass is 10.2. The number of amides is 2. The summed E-state index contributed by atoms with van der Waals surface area (Å²) in [4.78, 5) is 27.0. The first-order valence-corrected chi connectivity index (χ1v) is 15.5. The van der Waals surface area contributed by atoms with Gasteiger partial charge < -0.3 is 19.7 Å². The van der Waals surface area contributed by atoms with Crippen molar-refractivity contribution in [3.8, 4) is 17.2 Å². The summed E-state index contributed by atoms with van der Waals surface area (Å²) in [5.41, 5.74) is 0.922. The Morgan fingerprint density at radius 1 is 0.837 bits per heavy atom. The molecule has 1 unspecified atom stereocenters. The highest BCUT2D eigenvalue weighted by atomic mass is 35.5. The first-order valence-electron chi connectivity index (χ1n) is 13.1. The van der Waals surface area contributed by atoms with Crippen LogP contribution in [0.4, 0.5) is 10.5 Å². The first kappa shape index (κ1) is 30.0. The summed E-state index contributed by atoms with van der Waals surface area (Å²) in [5, 5.41) is 5.79. The second-order valence-electron chi connectivity index (χ2n) is 9.45. The number of carbonyl (C=O) groups excluding carboxylic acids is 1. The molecule has 0 spiro atoms. The first-order chi connectivity index (χ1) is 20.7. The molecule has 1 atom stereocenters. The van der Waals surface area contributed by atoms with Crippen molar-refractivity contribution >= 4 is 42.5 Å². The Bertz CT molecular complexity index is 1800. The Labute approximate surface area is 258 Å². The van der Waals surface area contributed by atoms with E-state index in [4.69, 9.17) is 32.2 Å². The average Bonchev–Trinajstić information content (AvgIpc) is 3.20. The van der Waals surface area contributed by atoms with E-state index in [0.29, 0.717) is 16.4 Å². The molecule has 0 saturated carbocycles. The Morgan fingerprint density at radius 3 is 1.91 bits per heavy atom. The highest BCUT2D eigenvalue weighted by Crippen LogP contribution is 2.60. The third-order valence-electron chi connectivity index (χ3n) is 6.59. The normalized spacial score (nSPS) is 11.9. The molecule has 43 heavy (non-hydrogen) atoms. The van der Waals surface area contributed by atoms with Crippen LogP contribution in [0.5, 0.6) is 11.5 Å². The SMILES string of the molecule is Cc1c(NC(=O)NC(c2ccc(Cl)cc2Cl)P(=O)(Oc2ccccc2)Oc2ccccc2)c(=O)n(-c2ccccc2)n1C. The standard InChI is InChI=1S/C31H27Cl2N4O5P/c1-21-28(30(38)37(36(21)2)23-12-6-3-7-13-23)34-31(39)35-29(26-19-18-22(32)20-27(26)33)43(40,41-24-14-8-4-9-15-24)42-25-16-10-5-11-17-25/h3-20,29H,1-2H3,(H2,34,35,39). The number of benzene rings is 4. The van der Waals surface area contributed by atoms with Gasteiger partial charge >= 0.3 is 13.6 Å². The third kappa shape index (κ3) is 6.65. The summed E-state index contributed by atoms with van der Waals surface area (Å²) in [6, 6.07) is 29.6. The molecule has 2 amide bonds. The maximum Gasteiger partial charge on any atom is 0.457 e. The number of hydrogen-bond donors (Lipinski definition) is 2. The van der Waals surface area contributed by atoms with E-state index in [1.165, 1.54) is 16.8 Å². The average molecular weight is 637 g/mol. The quantitative estimate of drug-likeness (QED) is 0.160. The number of carbonyl (C=O) groups is 1. The van der Waals surface area contributed by atoms with Crippen molar-refractivity contribution in [2.75, 3.05) is 5.32 Å². The number of rotatable bonds is 9. The van der Waals surface area contributed by atoms with E-state index in [0.717, 1.165) is 0 Å². The van der Waals surface area contributed by atoms with Crippen LogP contribution >= 0.6 is 30.8 Å². The molecule has 4 aromatic carbocycles. The number of nitrogens with one attached hydrogen (secondary N) is 2. The molecule has 5 aromatic rings. The molecule has 5 rings (SSSR count). The summed E-state index contributed by atoms with van der Waals surface area (Å²) in [7, 11) is -2.65. The van der Waals surface area contributed by atoms with Gasteiger partial charge in [-0.1, -0.05) is 83.9 Å². The van der Waals surface area contributed by atoms with Crippen LogP contribution in [0.15, 0.2) is 114 Å². The highest BCUT2D eigenvalue weighted by molar-refractivity contribution is 7.55. The molecule has 0 aliphatic heterocycles. The lowest BCUT2D eigenvalue weighted by Crippen LogP contribution is -2.36. The van der Waals surface area contributed by atoms with Crippen LogP contribution < -0.4 is 25.2 Å². The van der Waals surface area contributed by atoms with Crippen LogP contribution in [0.2, 0.25) is 10.0 Å². The fourth-order valence-electron chi connectivity index (χ4n) is 4.42. The molecule has 220 valence electrons. The van der Waals surface area contributed by atoms with E-state index in [9.17, 15) is 14.2 Å². The van der Waals surface area contributed by atoms with Crippen LogP contribution in [-0.4, -0.2) is 15.4 Å². The van der Waals surface area contributed by atoms with Crippen LogP contribution in [0.1, 0.15) is 17.0 Å². The van der Waals surface area contributed by atoms with Gasteiger partial charge in [-0.15, -0.1) is 0 Å². The van der Waals surface area contributed by atoms with Gasteiger partial charge in [0.1, 0.15) is 17.2 Å². The smallest absolute Gasteiger partial charge is 0.414 e. The highest BCUT2D eigenvalue weighted by Gasteiger charge is 2.43. The topological polar surface area (TPSA) is 104 Å². The zero-order valence-corrected chi connectivity index (χ0v) is 25.5. The molecule has 0 fully saturated rings. The van der Waals surface area contributed by atoms with Gasteiger partial charge in [0.05, 0.1) is 11.4 Å². The fourth-order valence-corrected chi connectivity index (χ4v) is 6.93. The largest absolute Gasteiger partial charge is 0.457 e. The lowest BCUT2D eigenvalue weighted by Gasteiger charge is -2.29. The number of hydrogen-bond acceptors (Lipinski definition) is 5. The van der Waals surface area contributed by atoms with Crippen LogP contribution in [0.3, 0.4) is 0 Å². The number of para-hydroxylation sites is 3. The maximum atomic E-state index is 14.8. The molecule has 0 aliphatic rings. The zero-order chi connectivity index (χ0) is 30.6. The Morgan fingerprint density at radius 2 is 1.37 bits per heavy atom. The van der Waals surface area contributed by atoms with Crippen molar-refractivity contribution in [1.29, 1.82) is 0 Å². The molecule has 0 bridgehead atoms. The van der Waals surface area contributed by atoms with Crippen molar-refractivity contribution in [3.05, 3.63) is 141 Å². The van der Waals surface area contributed by atoms with E-state index >= 15 is 0 Å². The summed E-state index contributed by atoms with van der Waals surface area (Å²) in [6.45, 7) is 1.70. The summed E-state index contributed by atoms with van der Waals surface area (Å²) < 4.78 is 29.9. The van der Waals surface area contributed by atoms with Crippen molar-refractivity contribution in [2.45, 2.75) is 12.7 Å². The summed E-state index contributed by atoms with van der Waals surface area (Å²) in [5.74, 6) is -0.953. The van der Waals surface area contributed by atoms with E-state index < -0.39 is 25.0 Å². The molecule has 2 N–H and O–H groups in total. The van der Waals surface area contributed by atoms with Crippen molar-refractivity contribution in [2.24, 2.45) is 7.05 Å². The summed E-state index contributed by atoms with van der Waals surface area (Å²) >= 11 is 12.7. The molecule has 1 heterocycles. The molecule has 0 radical (unpaired) electrons. The lowest BCUT2D eigenvalue weighted by molar-refractivity contribution is 0.249. The molecule has 0 saturated heterocycles. The summed E-state index contributed by atoms with van der Waals surface area (Å²) in [6.07, 6.45) is 0. The second kappa shape index (κ2) is 12.8. The van der Waals surface area contributed by atoms with E-state index in [1.54, 1.807) is 110 Å². The van der Waals surface area contributed by atoms with Crippen molar-refractivity contribution in [3.63, 3.8) is 0 Å². The van der Waals surface area contributed by atoms with Gasteiger partial charge in [-0.05, 0) is 55.5 Å². The molecule has 1 aromatic heterocycles. The molecular formula is C31H27Cl2N4O5P. The fraction of sp³-hybridized carbons (Fsp3) is 0.0968. The van der Waals surface area contributed by atoms with Gasteiger partial charge in [-0.3, -0.25) is 9.48 Å². The monoisotopic (exact) mass is 636 g/mol. The number of aromatic nitrogens is 2. The van der Waals surface area contributed by atoms with Crippen molar-refractivity contribution < 1.29 is 18.4 Å². The Hall–Kier alpha value is -4.43. The Kier molecular flexibility index (Phi) is 8.97. The second-order valence-corrected chi connectivity index (χ2v) is 12.3. The van der Waals surface area contributed by atoms with E-state index in [2.05, 4.69) is 10.6 Å². The minimum Gasteiger partial charge on any atom is -0.414 e. The number of halogens is 2. The molecule has 0 aliphatic carbocycles. The zero-order valence-electron chi connectivity index (χ0n) is 23.1. The van der Waals surface area contributed by atoms with Gasteiger partial charge in [0.25, 0.3) is 5.56 Å².